The van der Waals surface area contributed by atoms with Crippen molar-refractivity contribution in [3.8, 4) is 0 Å². The van der Waals surface area contributed by atoms with Gasteiger partial charge >= 0.3 is 0 Å². The minimum atomic E-state index is 0.199. The number of benzene rings is 1. The van der Waals surface area contributed by atoms with Gasteiger partial charge in [0, 0.05) is 32.6 Å². The number of carbonyl (C=O) groups excluding carboxylic acids is 1. The monoisotopic (exact) mass is 272 g/mol. The molecule has 1 saturated heterocycles. The summed E-state index contributed by atoms with van der Waals surface area (Å²) in [5.41, 5.74) is 1.27. The summed E-state index contributed by atoms with van der Waals surface area (Å²) in [6.45, 7) is 4.59. The van der Waals surface area contributed by atoms with Gasteiger partial charge in [-0.05, 0) is 18.4 Å². The van der Waals surface area contributed by atoms with Crippen LogP contribution in [0.4, 0.5) is 0 Å². The third-order valence-corrected chi connectivity index (χ3v) is 4.84. The molecule has 1 saturated carbocycles. The predicted octanol–water partition coefficient (Wildman–Crippen LogP) is 2.83. The zero-order valence-corrected chi connectivity index (χ0v) is 12.3. The van der Waals surface area contributed by atoms with Gasteiger partial charge in [0.2, 0.25) is 5.91 Å². The van der Waals surface area contributed by atoms with Gasteiger partial charge in [0.25, 0.3) is 0 Å². The summed E-state index contributed by atoms with van der Waals surface area (Å²) in [6.07, 6.45) is 5.41. The molecule has 1 atom stereocenters. The van der Waals surface area contributed by atoms with E-state index in [-0.39, 0.29) is 11.9 Å². The number of hydrogen-bond donors (Lipinski definition) is 0. The number of piperazine rings is 1. The van der Waals surface area contributed by atoms with E-state index < -0.39 is 0 Å². The number of hydrogen-bond acceptors (Lipinski definition) is 2. The van der Waals surface area contributed by atoms with Crippen LogP contribution in [0.25, 0.3) is 0 Å². The number of nitrogens with zero attached hydrogens (tertiary/aromatic N) is 2. The summed E-state index contributed by atoms with van der Waals surface area (Å²) in [4.78, 5) is 16.6. The van der Waals surface area contributed by atoms with E-state index in [9.17, 15) is 4.79 Å². The summed E-state index contributed by atoms with van der Waals surface area (Å²) in [6, 6.07) is 11.5. The van der Waals surface area contributed by atoms with Crippen molar-refractivity contribution >= 4 is 5.91 Å². The Morgan fingerprint density at radius 2 is 1.80 bits per heavy atom. The molecule has 0 aromatic heterocycles. The van der Waals surface area contributed by atoms with Crippen molar-refractivity contribution in [3.05, 3.63) is 35.9 Å². The Labute approximate surface area is 121 Å². The molecule has 1 aliphatic heterocycles. The van der Waals surface area contributed by atoms with Gasteiger partial charge in [-0.1, -0.05) is 43.2 Å². The molecule has 0 bridgehead atoms. The van der Waals surface area contributed by atoms with E-state index in [0.29, 0.717) is 0 Å². The summed E-state index contributed by atoms with van der Waals surface area (Å²) < 4.78 is 0. The lowest BCUT2D eigenvalue weighted by molar-refractivity contribution is -0.134. The molecular formula is C17H24N2O. The molecule has 0 N–H and O–H groups in total. The number of amides is 1. The normalized spacial score (nSPS) is 25.1. The van der Waals surface area contributed by atoms with Crippen LogP contribution in [0.1, 0.15) is 44.2 Å². The summed E-state index contributed by atoms with van der Waals surface area (Å²) >= 11 is 0. The Kier molecular flexibility index (Phi) is 4.06. The third kappa shape index (κ3) is 2.73. The van der Waals surface area contributed by atoms with Crippen molar-refractivity contribution in [1.82, 2.24) is 9.80 Å². The molecule has 3 nitrogen and oxygen atoms in total. The average Bonchev–Trinajstić information content (AvgIpc) is 3.02. The smallest absolute Gasteiger partial charge is 0.220 e. The van der Waals surface area contributed by atoms with Gasteiger partial charge in [-0.15, -0.1) is 0 Å². The summed E-state index contributed by atoms with van der Waals surface area (Å²) in [7, 11) is 0. The van der Waals surface area contributed by atoms with E-state index in [0.717, 1.165) is 25.7 Å². The zero-order valence-electron chi connectivity index (χ0n) is 12.3. The van der Waals surface area contributed by atoms with Crippen molar-refractivity contribution < 1.29 is 4.79 Å². The minimum absolute atomic E-state index is 0.199. The highest BCUT2D eigenvalue weighted by Gasteiger charge is 2.33. The van der Waals surface area contributed by atoms with Crippen LogP contribution in [0.2, 0.25) is 0 Å². The average molecular weight is 272 g/mol. The molecule has 1 aromatic rings. The Balaban J connectivity index is 1.79. The Morgan fingerprint density at radius 3 is 2.45 bits per heavy atom. The highest BCUT2D eigenvalue weighted by Crippen LogP contribution is 2.31. The van der Waals surface area contributed by atoms with Crippen LogP contribution in [-0.2, 0) is 4.79 Å². The van der Waals surface area contributed by atoms with Gasteiger partial charge in [0.05, 0.1) is 6.04 Å². The SMILES string of the molecule is CC(=O)N1CCN(C2CCCC2)C[C@@H]1c1ccccc1. The predicted molar refractivity (Wildman–Crippen MR) is 80.4 cm³/mol. The fourth-order valence-corrected chi connectivity index (χ4v) is 3.74. The van der Waals surface area contributed by atoms with E-state index >= 15 is 0 Å². The first-order valence-corrected chi connectivity index (χ1v) is 7.82. The Morgan fingerprint density at radius 1 is 1.10 bits per heavy atom. The maximum atomic E-state index is 11.9. The molecular weight excluding hydrogens is 248 g/mol. The van der Waals surface area contributed by atoms with Crippen LogP contribution in [0.5, 0.6) is 0 Å². The van der Waals surface area contributed by atoms with E-state index in [4.69, 9.17) is 0 Å². The molecule has 1 heterocycles. The lowest BCUT2D eigenvalue weighted by Crippen LogP contribution is -2.52. The highest BCUT2D eigenvalue weighted by molar-refractivity contribution is 5.74. The summed E-state index contributed by atoms with van der Waals surface area (Å²) in [5.74, 6) is 0.199. The fraction of sp³-hybridized carbons (Fsp3) is 0.588. The van der Waals surface area contributed by atoms with Crippen molar-refractivity contribution in [3.63, 3.8) is 0 Å². The standard InChI is InChI=1S/C17H24N2O/c1-14(20)19-12-11-18(16-9-5-6-10-16)13-17(19)15-7-3-2-4-8-15/h2-4,7-8,16-17H,5-6,9-13H2,1H3/t17-/m1/s1. The second kappa shape index (κ2) is 5.96. The molecule has 2 aliphatic rings. The van der Waals surface area contributed by atoms with E-state index in [1.54, 1.807) is 6.92 Å². The van der Waals surface area contributed by atoms with Crippen LogP contribution < -0.4 is 0 Å². The van der Waals surface area contributed by atoms with E-state index in [2.05, 4.69) is 29.2 Å². The molecule has 1 aromatic carbocycles. The van der Waals surface area contributed by atoms with Gasteiger partial charge in [-0.3, -0.25) is 9.69 Å². The first kappa shape index (κ1) is 13.6. The minimum Gasteiger partial charge on any atom is -0.333 e. The number of carbonyl (C=O) groups is 1. The van der Waals surface area contributed by atoms with Gasteiger partial charge in [0.15, 0.2) is 0 Å². The van der Waals surface area contributed by atoms with Crippen molar-refractivity contribution in [2.45, 2.75) is 44.7 Å². The molecule has 3 rings (SSSR count). The highest BCUT2D eigenvalue weighted by atomic mass is 16.2. The van der Waals surface area contributed by atoms with Crippen LogP contribution in [0.3, 0.4) is 0 Å². The lowest BCUT2D eigenvalue weighted by atomic mass is 10.0. The molecule has 3 heteroatoms. The van der Waals surface area contributed by atoms with Crippen LogP contribution in [0.15, 0.2) is 30.3 Å². The van der Waals surface area contributed by atoms with Crippen molar-refractivity contribution in [1.29, 1.82) is 0 Å². The molecule has 0 spiro atoms. The molecule has 20 heavy (non-hydrogen) atoms. The largest absolute Gasteiger partial charge is 0.333 e. The van der Waals surface area contributed by atoms with Gasteiger partial charge < -0.3 is 4.90 Å². The van der Waals surface area contributed by atoms with Gasteiger partial charge in [-0.2, -0.15) is 0 Å². The third-order valence-electron chi connectivity index (χ3n) is 4.84. The van der Waals surface area contributed by atoms with Crippen molar-refractivity contribution in [2.75, 3.05) is 19.6 Å². The molecule has 1 amide bonds. The summed E-state index contributed by atoms with van der Waals surface area (Å²) in [5, 5.41) is 0. The molecule has 0 radical (unpaired) electrons. The topological polar surface area (TPSA) is 23.6 Å². The lowest BCUT2D eigenvalue weighted by Gasteiger charge is -2.43. The van der Waals surface area contributed by atoms with E-state index in [1.165, 1.54) is 31.2 Å². The molecule has 108 valence electrons. The maximum Gasteiger partial charge on any atom is 0.220 e. The Hall–Kier alpha value is -1.35. The maximum absolute atomic E-state index is 11.9. The molecule has 2 fully saturated rings. The fourth-order valence-electron chi connectivity index (χ4n) is 3.74. The molecule has 1 aliphatic carbocycles. The van der Waals surface area contributed by atoms with Gasteiger partial charge in [0.1, 0.15) is 0 Å². The van der Waals surface area contributed by atoms with E-state index in [1.807, 2.05) is 11.0 Å². The first-order chi connectivity index (χ1) is 9.75. The zero-order chi connectivity index (χ0) is 13.9. The van der Waals surface area contributed by atoms with Crippen LogP contribution >= 0.6 is 0 Å². The van der Waals surface area contributed by atoms with Crippen molar-refractivity contribution in [2.24, 2.45) is 0 Å². The second-order valence-electron chi connectivity index (χ2n) is 6.07. The van der Waals surface area contributed by atoms with Crippen LogP contribution in [0, 0.1) is 0 Å². The van der Waals surface area contributed by atoms with Gasteiger partial charge in [-0.25, -0.2) is 0 Å². The first-order valence-electron chi connectivity index (χ1n) is 7.82. The quantitative estimate of drug-likeness (QED) is 0.826. The molecule has 0 unspecified atom stereocenters. The van der Waals surface area contributed by atoms with Crippen LogP contribution in [-0.4, -0.2) is 41.4 Å². The second-order valence-corrected chi connectivity index (χ2v) is 6.07. The number of rotatable bonds is 2. The Bertz CT molecular complexity index is 453.